The Morgan fingerprint density at radius 3 is 2.26 bits per heavy atom. The number of fused-ring (bicyclic) bond motifs is 1. The summed E-state index contributed by atoms with van der Waals surface area (Å²) in [6.07, 6.45) is -4.85. The predicted octanol–water partition coefficient (Wildman–Crippen LogP) is 5.30. The molecule has 174 valence electrons. The van der Waals surface area contributed by atoms with Gasteiger partial charge in [-0.2, -0.15) is 5.10 Å². The Morgan fingerprint density at radius 1 is 0.971 bits per heavy atom. The van der Waals surface area contributed by atoms with Crippen LogP contribution < -0.4 is 15.6 Å². The number of aromatic nitrogens is 2. The summed E-state index contributed by atoms with van der Waals surface area (Å²) in [5, 5.41) is 8.33. The molecule has 0 aliphatic heterocycles. The summed E-state index contributed by atoms with van der Waals surface area (Å²) in [5.41, 5.74) is 2.57. The third kappa shape index (κ3) is 5.43. The van der Waals surface area contributed by atoms with E-state index in [0.29, 0.717) is 16.8 Å². The number of hydrogen-bond acceptors (Lipinski definition) is 4. The van der Waals surface area contributed by atoms with Crippen LogP contribution in [-0.4, -0.2) is 22.1 Å². The Kier molecular flexibility index (Phi) is 6.36. The van der Waals surface area contributed by atoms with Crippen LogP contribution in [0, 0.1) is 6.92 Å². The van der Waals surface area contributed by atoms with Crippen molar-refractivity contribution in [3.8, 4) is 17.0 Å². The maximum atomic E-state index is 13.0. The molecule has 0 unspecified atom stereocenters. The molecule has 0 saturated carbocycles. The van der Waals surface area contributed by atoms with E-state index in [2.05, 4.69) is 15.2 Å². The fourth-order valence-electron chi connectivity index (χ4n) is 3.48. The average Bonchev–Trinajstić information content (AvgIpc) is 2.80. The normalized spacial score (nSPS) is 11.4. The van der Waals surface area contributed by atoms with Crippen molar-refractivity contribution in [2.45, 2.75) is 26.3 Å². The van der Waals surface area contributed by atoms with E-state index in [-0.39, 0.29) is 24.3 Å². The van der Waals surface area contributed by atoms with E-state index < -0.39 is 12.3 Å². The third-order valence-corrected chi connectivity index (χ3v) is 5.12. The first-order chi connectivity index (χ1) is 16.2. The van der Waals surface area contributed by atoms with Gasteiger partial charge in [0.15, 0.2) is 0 Å². The number of nitrogens with zero attached hydrogens (tertiary/aromatic N) is 2. The molecule has 4 rings (SSSR count). The molecule has 0 radical (unpaired) electrons. The quantitative estimate of drug-likeness (QED) is 0.418. The largest absolute Gasteiger partial charge is 0.573 e. The van der Waals surface area contributed by atoms with Gasteiger partial charge in [0.1, 0.15) is 5.75 Å². The predicted molar refractivity (Wildman–Crippen MR) is 123 cm³/mol. The van der Waals surface area contributed by atoms with Crippen molar-refractivity contribution >= 4 is 22.4 Å². The first-order valence-electron chi connectivity index (χ1n) is 10.4. The molecule has 0 aliphatic rings. The third-order valence-electron chi connectivity index (χ3n) is 5.12. The van der Waals surface area contributed by atoms with Crippen molar-refractivity contribution in [2.75, 3.05) is 5.32 Å². The summed E-state index contributed by atoms with van der Waals surface area (Å²) in [6.45, 7) is 2.01. The van der Waals surface area contributed by atoms with Crippen LogP contribution in [0.25, 0.3) is 22.0 Å². The van der Waals surface area contributed by atoms with Crippen molar-refractivity contribution in [3.05, 3.63) is 88.7 Å². The minimum atomic E-state index is -4.79. The number of anilines is 1. The number of nitrogens with one attached hydrogen (secondary N) is 1. The minimum absolute atomic E-state index is 0.0314. The lowest BCUT2D eigenvalue weighted by Crippen LogP contribution is -2.26. The van der Waals surface area contributed by atoms with Gasteiger partial charge in [-0.3, -0.25) is 9.59 Å². The number of hydrogen-bond donors (Lipinski definition) is 1. The van der Waals surface area contributed by atoms with Crippen LogP contribution in [0.3, 0.4) is 0 Å². The number of aryl methyl sites for hydroxylation is 2. The van der Waals surface area contributed by atoms with Crippen LogP contribution in [0.1, 0.15) is 12.0 Å². The second kappa shape index (κ2) is 9.38. The lowest BCUT2D eigenvalue weighted by molar-refractivity contribution is -0.274. The van der Waals surface area contributed by atoms with E-state index in [0.717, 1.165) is 28.6 Å². The molecule has 0 atom stereocenters. The number of alkyl halides is 3. The molecule has 0 saturated heterocycles. The van der Waals surface area contributed by atoms with E-state index in [9.17, 15) is 22.8 Å². The van der Waals surface area contributed by atoms with E-state index in [1.165, 1.54) is 16.8 Å². The Bertz CT molecular complexity index is 1380. The number of benzene rings is 3. The molecule has 0 aliphatic carbocycles. The summed E-state index contributed by atoms with van der Waals surface area (Å²) in [7, 11) is 0. The van der Waals surface area contributed by atoms with Crippen LogP contribution in [0.15, 0.2) is 77.6 Å². The Morgan fingerprint density at radius 2 is 1.62 bits per heavy atom. The molecule has 34 heavy (non-hydrogen) atoms. The monoisotopic (exact) mass is 467 g/mol. The van der Waals surface area contributed by atoms with Gasteiger partial charge >= 0.3 is 6.36 Å². The molecule has 0 fully saturated rings. The number of ether oxygens (including phenoxy) is 1. The number of amides is 1. The fourth-order valence-corrected chi connectivity index (χ4v) is 3.48. The minimum Gasteiger partial charge on any atom is -0.406 e. The van der Waals surface area contributed by atoms with E-state index in [4.69, 9.17) is 0 Å². The van der Waals surface area contributed by atoms with E-state index in [1.807, 2.05) is 43.3 Å². The first-order valence-corrected chi connectivity index (χ1v) is 10.4. The van der Waals surface area contributed by atoms with Crippen molar-refractivity contribution in [1.82, 2.24) is 9.78 Å². The molecule has 1 heterocycles. The number of carbonyl (C=O) groups excluding carboxylic acids is 1. The van der Waals surface area contributed by atoms with Gasteiger partial charge in [-0.1, -0.05) is 48.0 Å². The summed E-state index contributed by atoms with van der Waals surface area (Å²) >= 11 is 0. The highest BCUT2D eigenvalue weighted by molar-refractivity contribution is 5.94. The van der Waals surface area contributed by atoms with Crippen LogP contribution in [0.2, 0.25) is 0 Å². The highest BCUT2D eigenvalue weighted by Gasteiger charge is 2.31. The zero-order chi connectivity index (χ0) is 24.3. The Hall–Kier alpha value is -4.14. The van der Waals surface area contributed by atoms with Gasteiger partial charge < -0.3 is 10.1 Å². The van der Waals surface area contributed by atoms with Crippen molar-refractivity contribution < 1.29 is 22.7 Å². The molecule has 6 nitrogen and oxygen atoms in total. The highest BCUT2D eigenvalue weighted by Crippen LogP contribution is 2.26. The van der Waals surface area contributed by atoms with Crippen LogP contribution in [0.5, 0.6) is 5.75 Å². The van der Waals surface area contributed by atoms with Gasteiger partial charge in [-0.25, -0.2) is 4.68 Å². The standard InChI is InChI=1S/C25H20F3N3O3/c1-16-6-8-17(9-7-16)23-20-4-2-3-5-21(20)24(33)31(30-23)15-14-22(32)29-18-10-12-19(13-11-18)34-25(26,27)28/h2-13H,14-15H2,1H3,(H,29,32). The van der Waals surface area contributed by atoms with Gasteiger partial charge in [0.25, 0.3) is 5.56 Å². The van der Waals surface area contributed by atoms with Crippen molar-refractivity contribution in [1.29, 1.82) is 0 Å². The average molecular weight is 467 g/mol. The van der Waals surface area contributed by atoms with Gasteiger partial charge in [0.2, 0.25) is 5.91 Å². The van der Waals surface area contributed by atoms with Gasteiger partial charge in [0.05, 0.1) is 17.6 Å². The van der Waals surface area contributed by atoms with E-state index in [1.54, 1.807) is 12.1 Å². The smallest absolute Gasteiger partial charge is 0.406 e. The molecule has 0 spiro atoms. The van der Waals surface area contributed by atoms with Crippen molar-refractivity contribution in [3.63, 3.8) is 0 Å². The molecule has 3 aromatic carbocycles. The second-order valence-electron chi connectivity index (χ2n) is 7.66. The van der Waals surface area contributed by atoms with Gasteiger partial charge in [0, 0.05) is 23.1 Å². The van der Waals surface area contributed by atoms with Crippen LogP contribution >= 0.6 is 0 Å². The Balaban J connectivity index is 1.52. The lowest BCUT2D eigenvalue weighted by Gasteiger charge is -2.12. The van der Waals surface area contributed by atoms with E-state index >= 15 is 0 Å². The number of rotatable bonds is 6. The zero-order valence-corrected chi connectivity index (χ0v) is 18.1. The van der Waals surface area contributed by atoms with Gasteiger partial charge in [-0.15, -0.1) is 13.2 Å². The maximum Gasteiger partial charge on any atom is 0.573 e. The lowest BCUT2D eigenvalue weighted by atomic mass is 10.0. The summed E-state index contributed by atoms with van der Waals surface area (Å²) < 4.78 is 41.9. The number of halogens is 3. The van der Waals surface area contributed by atoms with Crippen LogP contribution in [-0.2, 0) is 11.3 Å². The molecule has 1 amide bonds. The van der Waals surface area contributed by atoms with Crippen molar-refractivity contribution in [2.24, 2.45) is 0 Å². The molecule has 9 heteroatoms. The summed E-state index contributed by atoms with van der Waals surface area (Å²) in [4.78, 5) is 25.4. The summed E-state index contributed by atoms with van der Waals surface area (Å²) in [5.74, 6) is -0.802. The summed E-state index contributed by atoms with van der Waals surface area (Å²) in [6, 6.07) is 19.7. The molecule has 1 aromatic heterocycles. The molecule has 0 bridgehead atoms. The SMILES string of the molecule is Cc1ccc(-c2nn(CCC(=O)Nc3ccc(OC(F)(F)F)cc3)c(=O)c3ccccc23)cc1. The second-order valence-corrected chi connectivity index (χ2v) is 7.66. The number of carbonyl (C=O) groups is 1. The zero-order valence-electron chi connectivity index (χ0n) is 18.1. The Labute approximate surface area is 192 Å². The van der Waals surface area contributed by atoms with Gasteiger partial charge in [-0.05, 0) is 37.3 Å². The first kappa shape index (κ1) is 23.0. The fraction of sp³-hybridized carbons (Fsp3) is 0.160. The molecule has 1 N–H and O–H groups in total. The van der Waals surface area contributed by atoms with Crippen LogP contribution in [0.4, 0.5) is 18.9 Å². The topological polar surface area (TPSA) is 73.2 Å². The highest BCUT2D eigenvalue weighted by atomic mass is 19.4. The molecular formula is C25H20F3N3O3. The molecule has 4 aromatic rings. The maximum absolute atomic E-state index is 13.0. The molecular weight excluding hydrogens is 447 g/mol.